The molecule has 0 aliphatic rings. The molecule has 0 atom stereocenters. The van der Waals surface area contributed by atoms with Gasteiger partial charge in [0.15, 0.2) is 0 Å². The van der Waals surface area contributed by atoms with Crippen LogP contribution in [0, 0.1) is 0 Å². The topological polar surface area (TPSA) is 38.9 Å². The number of aromatic nitrogens is 1. The van der Waals surface area contributed by atoms with Crippen molar-refractivity contribution in [2.45, 2.75) is 19.8 Å². The first kappa shape index (κ1) is 10.7. The lowest BCUT2D eigenvalue weighted by Crippen LogP contribution is -1.93. The van der Waals surface area contributed by atoms with Crippen LogP contribution in [0.1, 0.15) is 25.3 Å². The average molecular weight is 212 g/mol. The maximum absolute atomic E-state index is 5.89. The van der Waals surface area contributed by atoms with Gasteiger partial charge in [-0.15, -0.1) is 0 Å². The van der Waals surface area contributed by atoms with Crippen molar-refractivity contribution in [1.29, 1.82) is 0 Å². The van der Waals surface area contributed by atoms with E-state index in [2.05, 4.69) is 43.1 Å². The van der Waals surface area contributed by atoms with Crippen LogP contribution in [0.3, 0.4) is 0 Å². The van der Waals surface area contributed by atoms with Gasteiger partial charge in [-0.1, -0.05) is 38.1 Å². The van der Waals surface area contributed by atoms with Crippen LogP contribution in [0.15, 0.2) is 42.6 Å². The van der Waals surface area contributed by atoms with Gasteiger partial charge in [-0.05, 0) is 23.6 Å². The summed E-state index contributed by atoms with van der Waals surface area (Å²) in [4.78, 5) is 4.30. The van der Waals surface area contributed by atoms with Crippen molar-refractivity contribution in [2.24, 2.45) is 0 Å². The molecule has 0 unspecified atom stereocenters. The van der Waals surface area contributed by atoms with Gasteiger partial charge in [-0.2, -0.15) is 0 Å². The summed E-state index contributed by atoms with van der Waals surface area (Å²) in [6, 6.07) is 12.1. The molecular weight excluding hydrogens is 196 g/mol. The number of rotatable bonds is 2. The molecule has 0 saturated heterocycles. The van der Waals surface area contributed by atoms with Crippen molar-refractivity contribution in [2.75, 3.05) is 5.73 Å². The lowest BCUT2D eigenvalue weighted by molar-refractivity contribution is 0.867. The zero-order valence-corrected chi connectivity index (χ0v) is 9.64. The van der Waals surface area contributed by atoms with E-state index in [4.69, 9.17) is 5.73 Å². The van der Waals surface area contributed by atoms with Crippen LogP contribution >= 0.6 is 0 Å². The Morgan fingerprint density at radius 2 is 1.75 bits per heavy atom. The molecule has 0 amide bonds. The zero-order valence-electron chi connectivity index (χ0n) is 9.64. The van der Waals surface area contributed by atoms with E-state index >= 15 is 0 Å². The molecule has 1 aromatic heterocycles. The van der Waals surface area contributed by atoms with Crippen LogP contribution in [0.5, 0.6) is 0 Å². The van der Waals surface area contributed by atoms with E-state index in [-0.39, 0.29) is 0 Å². The fourth-order valence-corrected chi connectivity index (χ4v) is 1.68. The first-order valence-corrected chi connectivity index (χ1v) is 5.49. The van der Waals surface area contributed by atoms with Gasteiger partial charge < -0.3 is 5.73 Å². The Hall–Kier alpha value is -1.83. The molecule has 0 radical (unpaired) electrons. The van der Waals surface area contributed by atoms with Crippen molar-refractivity contribution in [3.05, 3.63) is 48.2 Å². The predicted molar refractivity (Wildman–Crippen MR) is 68.2 cm³/mol. The summed E-state index contributed by atoms with van der Waals surface area (Å²) in [5.41, 5.74) is 9.87. The molecule has 0 saturated carbocycles. The second-order valence-electron chi connectivity index (χ2n) is 4.22. The van der Waals surface area contributed by atoms with Crippen LogP contribution in [0.2, 0.25) is 0 Å². The third kappa shape index (κ3) is 2.06. The number of nitrogen functional groups attached to an aromatic ring is 1. The van der Waals surface area contributed by atoms with Gasteiger partial charge in [0.2, 0.25) is 0 Å². The van der Waals surface area contributed by atoms with E-state index in [0.29, 0.717) is 5.92 Å². The Kier molecular flexibility index (Phi) is 2.91. The molecule has 2 rings (SSSR count). The van der Waals surface area contributed by atoms with E-state index in [1.165, 1.54) is 5.56 Å². The Balaban J connectivity index is 2.39. The highest BCUT2D eigenvalue weighted by Crippen LogP contribution is 2.24. The average Bonchev–Trinajstić information content (AvgIpc) is 2.30. The van der Waals surface area contributed by atoms with Crippen molar-refractivity contribution in [1.82, 2.24) is 4.98 Å². The number of nitrogens with zero attached hydrogens (tertiary/aromatic N) is 1. The van der Waals surface area contributed by atoms with Gasteiger partial charge in [-0.25, -0.2) is 0 Å². The standard InChI is InChI=1S/C14H16N2/c1-10(2)11-5-7-12(8-6-11)14-13(15)4-3-9-16-14/h3-10H,15H2,1-2H3. The highest BCUT2D eigenvalue weighted by atomic mass is 14.7. The molecule has 1 aromatic carbocycles. The molecule has 16 heavy (non-hydrogen) atoms. The minimum atomic E-state index is 0.551. The smallest absolute Gasteiger partial charge is 0.0931 e. The Labute approximate surface area is 96.1 Å². The van der Waals surface area contributed by atoms with Gasteiger partial charge >= 0.3 is 0 Å². The normalized spacial score (nSPS) is 10.7. The van der Waals surface area contributed by atoms with E-state index in [0.717, 1.165) is 16.9 Å². The van der Waals surface area contributed by atoms with Crippen LogP contribution in [-0.4, -0.2) is 4.98 Å². The maximum Gasteiger partial charge on any atom is 0.0931 e. The van der Waals surface area contributed by atoms with Gasteiger partial charge in [0, 0.05) is 11.8 Å². The second kappa shape index (κ2) is 4.35. The number of hydrogen-bond donors (Lipinski definition) is 1. The van der Waals surface area contributed by atoms with Crippen LogP contribution in [0.4, 0.5) is 5.69 Å². The molecule has 0 bridgehead atoms. The Morgan fingerprint density at radius 1 is 1.06 bits per heavy atom. The zero-order chi connectivity index (χ0) is 11.5. The largest absolute Gasteiger partial charge is 0.397 e. The minimum absolute atomic E-state index is 0.551. The molecule has 0 fully saturated rings. The van der Waals surface area contributed by atoms with Crippen molar-refractivity contribution >= 4 is 5.69 Å². The highest BCUT2D eigenvalue weighted by Gasteiger charge is 2.04. The fraction of sp³-hybridized carbons (Fsp3) is 0.214. The first-order chi connectivity index (χ1) is 7.68. The lowest BCUT2D eigenvalue weighted by atomic mass is 10.0. The van der Waals surface area contributed by atoms with E-state index in [9.17, 15) is 0 Å². The first-order valence-electron chi connectivity index (χ1n) is 5.49. The summed E-state index contributed by atoms with van der Waals surface area (Å²) >= 11 is 0. The summed E-state index contributed by atoms with van der Waals surface area (Å²) in [7, 11) is 0. The van der Waals surface area contributed by atoms with Gasteiger partial charge in [0.25, 0.3) is 0 Å². The van der Waals surface area contributed by atoms with E-state index in [1.54, 1.807) is 6.20 Å². The molecule has 2 heteroatoms. The summed E-state index contributed by atoms with van der Waals surface area (Å²) in [6.45, 7) is 4.37. The SMILES string of the molecule is CC(C)c1ccc(-c2ncccc2N)cc1. The lowest BCUT2D eigenvalue weighted by Gasteiger charge is -2.07. The molecule has 0 aliphatic carbocycles. The molecule has 82 valence electrons. The second-order valence-corrected chi connectivity index (χ2v) is 4.22. The summed E-state index contributed by atoms with van der Waals surface area (Å²) in [5, 5.41) is 0. The van der Waals surface area contributed by atoms with Crippen LogP contribution < -0.4 is 5.73 Å². The molecule has 2 nitrogen and oxygen atoms in total. The Morgan fingerprint density at radius 3 is 2.31 bits per heavy atom. The van der Waals surface area contributed by atoms with Gasteiger partial charge in [-0.3, -0.25) is 4.98 Å². The van der Waals surface area contributed by atoms with E-state index < -0.39 is 0 Å². The van der Waals surface area contributed by atoms with Crippen LogP contribution in [-0.2, 0) is 0 Å². The molecule has 2 N–H and O–H groups in total. The maximum atomic E-state index is 5.89. The van der Waals surface area contributed by atoms with Crippen molar-refractivity contribution in [3.8, 4) is 11.3 Å². The predicted octanol–water partition coefficient (Wildman–Crippen LogP) is 3.45. The quantitative estimate of drug-likeness (QED) is 0.828. The third-order valence-corrected chi connectivity index (χ3v) is 2.69. The monoisotopic (exact) mass is 212 g/mol. The van der Waals surface area contributed by atoms with Crippen LogP contribution in [0.25, 0.3) is 11.3 Å². The van der Waals surface area contributed by atoms with E-state index in [1.807, 2.05) is 12.1 Å². The summed E-state index contributed by atoms with van der Waals surface area (Å²) < 4.78 is 0. The fourth-order valence-electron chi connectivity index (χ4n) is 1.68. The number of pyridine rings is 1. The molecule has 2 aromatic rings. The summed E-state index contributed by atoms with van der Waals surface area (Å²) in [5.74, 6) is 0.551. The van der Waals surface area contributed by atoms with Crippen molar-refractivity contribution in [3.63, 3.8) is 0 Å². The number of nitrogens with two attached hydrogens (primary N) is 1. The Bertz CT molecular complexity index is 472. The number of anilines is 1. The number of hydrogen-bond acceptors (Lipinski definition) is 2. The number of benzene rings is 1. The minimum Gasteiger partial charge on any atom is -0.397 e. The molecule has 1 heterocycles. The molecule has 0 spiro atoms. The van der Waals surface area contributed by atoms with Gasteiger partial charge in [0.05, 0.1) is 11.4 Å². The highest BCUT2D eigenvalue weighted by molar-refractivity contribution is 5.72. The van der Waals surface area contributed by atoms with Gasteiger partial charge in [0.1, 0.15) is 0 Å². The third-order valence-electron chi connectivity index (χ3n) is 2.69. The molecular formula is C14H16N2. The molecule has 0 aliphatic heterocycles. The van der Waals surface area contributed by atoms with Crippen molar-refractivity contribution < 1.29 is 0 Å². The summed E-state index contributed by atoms with van der Waals surface area (Å²) in [6.07, 6.45) is 1.77.